The minimum atomic E-state index is -4.57. The molecule has 182 valence electrons. The molecule has 2 aliphatic rings. The number of halogens is 4. The van der Waals surface area contributed by atoms with Crippen LogP contribution in [0.1, 0.15) is 28.0 Å². The molecule has 2 aromatic carbocycles. The molecule has 0 amide bonds. The molecule has 0 spiro atoms. The maximum atomic E-state index is 13.9. The van der Waals surface area contributed by atoms with E-state index in [9.17, 15) is 18.3 Å². The molecule has 0 unspecified atom stereocenters. The van der Waals surface area contributed by atoms with Crippen molar-refractivity contribution in [2.75, 3.05) is 31.1 Å². The Kier molecular flexibility index (Phi) is 6.52. The molecule has 6 nitrogen and oxygen atoms in total. The van der Waals surface area contributed by atoms with Crippen molar-refractivity contribution < 1.29 is 18.3 Å². The van der Waals surface area contributed by atoms with Gasteiger partial charge in [-0.2, -0.15) is 28.4 Å². The quantitative estimate of drug-likeness (QED) is 0.551. The third-order valence-corrected chi connectivity index (χ3v) is 7.37. The van der Waals surface area contributed by atoms with Crippen molar-refractivity contribution in [2.45, 2.75) is 19.0 Å². The first-order valence-electron chi connectivity index (χ1n) is 11.1. The molecule has 5 rings (SSSR count). The van der Waals surface area contributed by atoms with Gasteiger partial charge < -0.3 is 15.3 Å². The molecule has 0 radical (unpaired) electrons. The van der Waals surface area contributed by atoms with Crippen molar-refractivity contribution in [1.82, 2.24) is 10.3 Å². The van der Waals surface area contributed by atoms with Crippen molar-refractivity contribution in [3.63, 3.8) is 0 Å². The average molecular weight is 520 g/mol. The van der Waals surface area contributed by atoms with Gasteiger partial charge in [0.2, 0.25) is 5.88 Å². The van der Waals surface area contributed by atoms with Crippen LogP contribution in [0.4, 0.5) is 18.3 Å². The molecule has 0 aliphatic carbocycles. The summed E-state index contributed by atoms with van der Waals surface area (Å²) in [7, 11) is 0. The van der Waals surface area contributed by atoms with Crippen LogP contribution in [0.2, 0.25) is 5.02 Å². The van der Waals surface area contributed by atoms with Gasteiger partial charge in [0.15, 0.2) is 5.13 Å². The van der Waals surface area contributed by atoms with Crippen LogP contribution < -0.4 is 20.8 Å². The van der Waals surface area contributed by atoms with Crippen LogP contribution in [0.5, 0.6) is 5.88 Å². The first-order chi connectivity index (χ1) is 16.8. The summed E-state index contributed by atoms with van der Waals surface area (Å²) in [4.78, 5) is 6.91. The topological polar surface area (TPSA) is 73.1 Å². The molecule has 2 aliphatic heterocycles. The summed E-state index contributed by atoms with van der Waals surface area (Å²) in [5, 5.41) is 24.1. The zero-order chi connectivity index (χ0) is 24.6. The Morgan fingerprint density at radius 1 is 1.14 bits per heavy atom. The minimum Gasteiger partial charge on any atom is -0.492 e. The van der Waals surface area contributed by atoms with Crippen molar-refractivity contribution in [2.24, 2.45) is 10.2 Å². The lowest BCUT2D eigenvalue weighted by Crippen LogP contribution is -2.27. The van der Waals surface area contributed by atoms with Crippen LogP contribution in [0.3, 0.4) is 0 Å². The predicted octanol–water partition coefficient (Wildman–Crippen LogP) is 3.73. The van der Waals surface area contributed by atoms with Gasteiger partial charge in [-0.25, -0.2) is 0 Å². The standard InChI is InChI=1S/C24H21ClF3N5OS/c25-17-4-2-15(19(12-17)24(26,27)28)11-18(14-3-5-20-16(10-14)13-30-32-20)21-22(34)31-23(35-21)33-8-1-6-29-7-9-33/h2-5,10,12-13,29,34H,1,6-9,11H2. The van der Waals surface area contributed by atoms with E-state index >= 15 is 0 Å². The summed E-state index contributed by atoms with van der Waals surface area (Å²) in [6.07, 6.45) is -2.12. The third-order valence-electron chi connectivity index (χ3n) is 5.97. The first-order valence-corrected chi connectivity index (χ1v) is 12.2. The lowest BCUT2D eigenvalue weighted by molar-refractivity contribution is -0.138. The SMILES string of the molecule is Oc1nc(N2CCCNCC2)sc1C(Cc1ccc(Cl)cc1C(F)(F)F)=c1ccc2c(c1)C=NN=2. The second-order valence-corrected chi connectivity index (χ2v) is 9.73. The third kappa shape index (κ3) is 5.05. The monoisotopic (exact) mass is 519 g/mol. The van der Waals surface area contributed by atoms with Gasteiger partial charge in [-0.3, -0.25) is 0 Å². The fourth-order valence-corrected chi connectivity index (χ4v) is 5.48. The molecule has 0 bridgehead atoms. The van der Waals surface area contributed by atoms with Gasteiger partial charge in [0.05, 0.1) is 22.0 Å². The normalized spacial score (nSPS) is 16.6. The van der Waals surface area contributed by atoms with Gasteiger partial charge in [-0.05, 0) is 53.6 Å². The largest absolute Gasteiger partial charge is 0.492 e. The van der Waals surface area contributed by atoms with Crippen LogP contribution in [0.25, 0.3) is 5.57 Å². The van der Waals surface area contributed by atoms with E-state index in [-0.39, 0.29) is 22.9 Å². The van der Waals surface area contributed by atoms with Crippen LogP contribution in [-0.4, -0.2) is 42.5 Å². The van der Waals surface area contributed by atoms with E-state index in [1.807, 2.05) is 6.07 Å². The molecule has 3 heterocycles. The van der Waals surface area contributed by atoms with Crippen molar-refractivity contribution in [3.05, 3.63) is 73.6 Å². The van der Waals surface area contributed by atoms with Crippen LogP contribution in [0.15, 0.2) is 46.6 Å². The Bertz CT molecular complexity index is 1410. The lowest BCUT2D eigenvalue weighted by Gasteiger charge is -2.18. The number of nitrogens with one attached hydrogen (secondary N) is 1. The highest BCUT2D eigenvalue weighted by molar-refractivity contribution is 7.17. The van der Waals surface area contributed by atoms with E-state index in [4.69, 9.17) is 11.6 Å². The van der Waals surface area contributed by atoms with E-state index in [0.29, 0.717) is 26.2 Å². The van der Waals surface area contributed by atoms with Gasteiger partial charge in [-0.15, -0.1) is 0 Å². The smallest absolute Gasteiger partial charge is 0.416 e. The number of anilines is 1. The van der Waals surface area contributed by atoms with Gasteiger partial charge >= 0.3 is 6.18 Å². The molecule has 1 fully saturated rings. The highest BCUT2D eigenvalue weighted by atomic mass is 35.5. The molecule has 3 aromatic rings. The number of aromatic hydroxyl groups is 1. The van der Waals surface area contributed by atoms with Crippen molar-refractivity contribution in [1.29, 1.82) is 0 Å². The van der Waals surface area contributed by atoms with Crippen molar-refractivity contribution >= 4 is 39.9 Å². The Labute approximate surface area is 208 Å². The number of rotatable bonds is 4. The van der Waals surface area contributed by atoms with Gasteiger partial charge in [0, 0.05) is 36.6 Å². The number of nitrogens with zero attached hydrogens (tertiary/aromatic N) is 4. The average Bonchev–Trinajstić information content (AvgIpc) is 3.34. The number of alkyl halides is 3. The molecule has 11 heteroatoms. The van der Waals surface area contributed by atoms with Crippen LogP contribution >= 0.6 is 22.9 Å². The molecule has 35 heavy (non-hydrogen) atoms. The fraction of sp³-hybridized carbons (Fsp3) is 0.292. The zero-order valence-corrected chi connectivity index (χ0v) is 20.0. The minimum absolute atomic E-state index is 0.00988. The van der Waals surface area contributed by atoms with Gasteiger partial charge in [-0.1, -0.05) is 35.1 Å². The molecule has 1 aromatic heterocycles. The Morgan fingerprint density at radius 3 is 2.83 bits per heavy atom. The van der Waals surface area contributed by atoms with E-state index in [1.54, 1.807) is 18.3 Å². The Morgan fingerprint density at radius 2 is 2.00 bits per heavy atom. The molecule has 1 saturated heterocycles. The van der Waals surface area contributed by atoms with E-state index < -0.39 is 11.7 Å². The Hall–Kier alpha value is -2.95. The molecule has 0 saturated carbocycles. The summed E-state index contributed by atoms with van der Waals surface area (Å²) >= 11 is 7.18. The number of fused-ring (bicyclic) bond motifs is 1. The highest BCUT2D eigenvalue weighted by Crippen LogP contribution is 2.39. The van der Waals surface area contributed by atoms with Gasteiger partial charge in [0.25, 0.3) is 0 Å². The van der Waals surface area contributed by atoms with Crippen molar-refractivity contribution in [3.8, 4) is 5.88 Å². The summed E-state index contributed by atoms with van der Waals surface area (Å²) < 4.78 is 41.6. The summed E-state index contributed by atoms with van der Waals surface area (Å²) in [5.74, 6) is -0.196. The Balaban J connectivity index is 1.66. The molecular weight excluding hydrogens is 499 g/mol. The summed E-state index contributed by atoms with van der Waals surface area (Å²) in [6, 6.07) is 9.14. The van der Waals surface area contributed by atoms with Gasteiger partial charge in [0.1, 0.15) is 0 Å². The molecule has 0 atom stereocenters. The molecular formula is C24H21ClF3N5OS. The maximum absolute atomic E-state index is 13.9. The van der Waals surface area contributed by atoms with E-state index in [1.165, 1.54) is 23.5 Å². The first kappa shape index (κ1) is 23.8. The second kappa shape index (κ2) is 9.60. The fourth-order valence-electron chi connectivity index (χ4n) is 4.23. The predicted molar refractivity (Wildman–Crippen MR) is 131 cm³/mol. The number of hydrogen-bond donors (Lipinski definition) is 2. The van der Waals surface area contributed by atoms with E-state index in [0.717, 1.165) is 44.2 Å². The number of aromatic nitrogens is 1. The number of thiazole rings is 1. The summed E-state index contributed by atoms with van der Waals surface area (Å²) in [6.45, 7) is 3.20. The van der Waals surface area contributed by atoms with Crippen LogP contribution in [-0.2, 0) is 12.6 Å². The second-order valence-electron chi connectivity index (χ2n) is 8.31. The van der Waals surface area contributed by atoms with Crippen LogP contribution in [0, 0.1) is 0 Å². The zero-order valence-electron chi connectivity index (χ0n) is 18.4. The van der Waals surface area contributed by atoms with E-state index in [2.05, 4.69) is 25.4 Å². The number of hydrogen-bond acceptors (Lipinski definition) is 7. The highest BCUT2D eigenvalue weighted by Gasteiger charge is 2.34. The summed E-state index contributed by atoms with van der Waals surface area (Å²) in [5.41, 5.74) is 0.553. The molecule has 2 N–H and O–H groups in total. The maximum Gasteiger partial charge on any atom is 0.416 e. The lowest BCUT2D eigenvalue weighted by atomic mass is 9.96. The number of benzene rings is 2.